The zero-order valence-corrected chi connectivity index (χ0v) is 15.9. The fourth-order valence-corrected chi connectivity index (χ4v) is 3.18. The molecule has 5 heteroatoms. The number of aryl methyl sites for hydroxylation is 1. The van der Waals surface area contributed by atoms with Crippen LogP contribution >= 0.6 is 0 Å². The van der Waals surface area contributed by atoms with E-state index >= 15 is 0 Å². The Morgan fingerprint density at radius 1 is 1.24 bits per heavy atom. The highest BCUT2D eigenvalue weighted by Crippen LogP contribution is 2.28. The summed E-state index contributed by atoms with van der Waals surface area (Å²) in [4.78, 5) is 14.4. The van der Waals surface area contributed by atoms with Gasteiger partial charge in [0.05, 0.1) is 13.3 Å². The minimum absolute atomic E-state index is 0.217. The van der Waals surface area contributed by atoms with Crippen molar-refractivity contribution in [1.82, 2.24) is 14.7 Å². The smallest absolute Gasteiger partial charge is 0.223 e. The van der Waals surface area contributed by atoms with Crippen molar-refractivity contribution in [3.05, 3.63) is 47.8 Å². The van der Waals surface area contributed by atoms with Crippen molar-refractivity contribution in [2.45, 2.75) is 53.2 Å². The highest BCUT2D eigenvalue weighted by Gasteiger charge is 2.36. The van der Waals surface area contributed by atoms with E-state index in [1.54, 1.807) is 7.11 Å². The number of likely N-dealkylation sites (tertiary alicyclic amines) is 1. The lowest BCUT2D eigenvalue weighted by Crippen LogP contribution is -2.33. The number of rotatable bonds is 5. The first kappa shape index (κ1) is 19.0. The highest BCUT2D eigenvalue weighted by molar-refractivity contribution is 5.79. The summed E-state index contributed by atoms with van der Waals surface area (Å²) in [5, 5.41) is 4.34. The average Bonchev–Trinajstić information content (AvgIpc) is 3.15. The van der Waals surface area contributed by atoms with Crippen molar-refractivity contribution in [1.29, 1.82) is 0 Å². The maximum absolute atomic E-state index is 12.4. The molecule has 0 radical (unpaired) electrons. The fraction of sp³-hybridized carbons (Fsp3) is 0.500. The van der Waals surface area contributed by atoms with Crippen molar-refractivity contribution in [3.63, 3.8) is 0 Å². The molecule has 1 aliphatic heterocycles. The number of ether oxygens (including phenoxy) is 1. The minimum atomic E-state index is 0.217. The van der Waals surface area contributed by atoms with Gasteiger partial charge in [-0.25, -0.2) is 0 Å². The summed E-state index contributed by atoms with van der Waals surface area (Å²) in [6, 6.07) is 8.12. The number of nitrogens with zero attached hydrogens (tertiary/aromatic N) is 3. The Hall–Kier alpha value is -2.30. The molecule has 0 bridgehead atoms. The summed E-state index contributed by atoms with van der Waals surface area (Å²) in [5.74, 6) is 1.36. The second-order valence-electron chi connectivity index (χ2n) is 6.31. The van der Waals surface area contributed by atoms with Gasteiger partial charge in [-0.3, -0.25) is 9.48 Å². The van der Waals surface area contributed by atoms with E-state index in [0.717, 1.165) is 23.4 Å². The molecule has 2 atom stereocenters. The third-order valence-corrected chi connectivity index (χ3v) is 4.63. The Morgan fingerprint density at radius 3 is 2.48 bits per heavy atom. The Labute approximate surface area is 150 Å². The SMILES string of the molecule is CC.COc1ccc(CN2C(=O)C[C@@H](Cn3cc(C)cn3)[C@@H]2C)cc1. The van der Waals surface area contributed by atoms with E-state index in [9.17, 15) is 4.79 Å². The van der Waals surface area contributed by atoms with E-state index in [-0.39, 0.29) is 11.9 Å². The minimum Gasteiger partial charge on any atom is -0.497 e. The summed E-state index contributed by atoms with van der Waals surface area (Å²) in [6.07, 6.45) is 4.48. The molecule has 1 aromatic heterocycles. The molecular weight excluding hydrogens is 314 g/mol. The van der Waals surface area contributed by atoms with Gasteiger partial charge in [0.1, 0.15) is 5.75 Å². The molecule has 2 heterocycles. The van der Waals surface area contributed by atoms with Gasteiger partial charge in [-0.05, 0) is 37.1 Å². The molecule has 1 aromatic carbocycles. The summed E-state index contributed by atoms with van der Waals surface area (Å²) < 4.78 is 7.12. The molecule has 1 fully saturated rings. The fourth-order valence-electron chi connectivity index (χ4n) is 3.18. The van der Waals surface area contributed by atoms with Crippen LogP contribution in [0.25, 0.3) is 0 Å². The van der Waals surface area contributed by atoms with Crippen LogP contribution in [0.1, 0.15) is 38.3 Å². The lowest BCUT2D eigenvalue weighted by atomic mass is 10.0. The van der Waals surface area contributed by atoms with E-state index in [1.165, 1.54) is 0 Å². The maximum atomic E-state index is 12.4. The Balaban J connectivity index is 0.00000109. The van der Waals surface area contributed by atoms with Crippen molar-refractivity contribution >= 4 is 5.91 Å². The van der Waals surface area contributed by atoms with Crippen LogP contribution in [-0.2, 0) is 17.9 Å². The summed E-state index contributed by atoms with van der Waals surface area (Å²) in [6.45, 7) is 9.61. The van der Waals surface area contributed by atoms with Gasteiger partial charge in [0.2, 0.25) is 5.91 Å². The molecule has 0 N–H and O–H groups in total. The normalized spacial score (nSPS) is 19.6. The van der Waals surface area contributed by atoms with Crippen molar-refractivity contribution in [2.24, 2.45) is 5.92 Å². The molecule has 5 nitrogen and oxygen atoms in total. The van der Waals surface area contributed by atoms with Gasteiger partial charge in [-0.15, -0.1) is 0 Å². The lowest BCUT2D eigenvalue weighted by Gasteiger charge is -2.25. The topological polar surface area (TPSA) is 47.4 Å². The Morgan fingerprint density at radius 2 is 1.92 bits per heavy atom. The van der Waals surface area contributed by atoms with Crippen LogP contribution in [-0.4, -0.2) is 33.7 Å². The first-order valence-corrected chi connectivity index (χ1v) is 8.98. The first-order chi connectivity index (χ1) is 12.1. The van der Waals surface area contributed by atoms with Crippen LogP contribution in [0.3, 0.4) is 0 Å². The predicted molar refractivity (Wildman–Crippen MR) is 99.4 cm³/mol. The van der Waals surface area contributed by atoms with Crippen molar-refractivity contribution in [2.75, 3.05) is 7.11 Å². The van der Waals surface area contributed by atoms with Crippen LogP contribution < -0.4 is 4.74 Å². The third kappa shape index (κ3) is 4.62. The van der Waals surface area contributed by atoms with Crippen LogP contribution in [0, 0.1) is 12.8 Å². The second kappa shape index (κ2) is 8.70. The Kier molecular flexibility index (Phi) is 6.62. The quantitative estimate of drug-likeness (QED) is 0.832. The van der Waals surface area contributed by atoms with Crippen molar-refractivity contribution in [3.8, 4) is 5.75 Å². The molecule has 0 aliphatic carbocycles. The second-order valence-corrected chi connectivity index (χ2v) is 6.31. The molecule has 0 saturated carbocycles. The van der Waals surface area contributed by atoms with Gasteiger partial charge in [-0.1, -0.05) is 26.0 Å². The van der Waals surface area contributed by atoms with Crippen LogP contribution in [0.4, 0.5) is 0 Å². The van der Waals surface area contributed by atoms with Gasteiger partial charge in [0.25, 0.3) is 0 Å². The van der Waals surface area contributed by atoms with Crippen molar-refractivity contribution < 1.29 is 9.53 Å². The molecule has 0 spiro atoms. The standard InChI is InChI=1S/C18H23N3O2.C2H6/c1-13-9-19-20(10-13)12-16-8-18(22)21(14(16)2)11-15-4-6-17(23-3)7-5-15;1-2/h4-7,9-10,14,16H,8,11-12H2,1-3H3;1-2H3/t14-,16-;/m0./s1. The first-order valence-electron chi connectivity index (χ1n) is 8.98. The van der Waals surface area contributed by atoms with Gasteiger partial charge < -0.3 is 9.64 Å². The number of benzene rings is 1. The van der Waals surface area contributed by atoms with Gasteiger partial charge in [-0.2, -0.15) is 5.10 Å². The van der Waals surface area contributed by atoms with E-state index in [4.69, 9.17) is 4.74 Å². The van der Waals surface area contributed by atoms with E-state index < -0.39 is 0 Å². The third-order valence-electron chi connectivity index (χ3n) is 4.63. The number of hydrogen-bond acceptors (Lipinski definition) is 3. The largest absolute Gasteiger partial charge is 0.497 e. The molecular formula is C20H29N3O2. The zero-order chi connectivity index (χ0) is 18.4. The molecule has 2 aromatic rings. The molecule has 25 heavy (non-hydrogen) atoms. The monoisotopic (exact) mass is 343 g/mol. The molecule has 1 amide bonds. The number of aromatic nitrogens is 2. The summed E-state index contributed by atoms with van der Waals surface area (Å²) >= 11 is 0. The zero-order valence-electron chi connectivity index (χ0n) is 15.9. The number of hydrogen-bond donors (Lipinski definition) is 0. The van der Waals surface area contributed by atoms with E-state index in [2.05, 4.69) is 12.0 Å². The number of amides is 1. The van der Waals surface area contributed by atoms with Crippen LogP contribution in [0.2, 0.25) is 0 Å². The number of methoxy groups -OCH3 is 1. The number of carbonyl (C=O) groups excluding carboxylic acids is 1. The van der Waals surface area contributed by atoms with E-state index in [1.807, 2.05) is 67.0 Å². The van der Waals surface area contributed by atoms with Crippen LogP contribution in [0.15, 0.2) is 36.7 Å². The predicted octanol–water partition coefficient (Wildman–Crippen LogP) is 3.66. The van der Waals surface area contributed by atoms with Crippen LogP contribution in [0.5, 0.6) is 5.75 Å². The van der Waals surface area contributed by atoms with E-state index in [0.29, 0.717) is 18.9 Å². The molecule has 1 aliphatic rings. The van der Waals surface area contributed by atoms with Gasteiger partial charge in [0.15, 0.2) is 0 Å². The number of carbonyl (C=O) groups is 1. The van der Waals surface area contributed by atoms with Gasteiger partial charge in [0, 0.05) is 37.7 Å². The summed E-state index contributed by atoms with van der Waals surface area (Å²) in [7, 11) is 1.66. The van der Waals surface area contributed by atoms with Gasteiger partial charge >= 0.3 is 0 Å². The molecule has 136 valence electrons. The molecule has 1 saturated heterocycles. The molecule has 0 unspecified atom stereocenters. The summed E-state index contributed by atoms with van der Waals surface area (Å²) in [5.41, 5.74) is 2.28. The average molecular weight is 343 g/mol. The lowest BCUT2D eigenvalue weighted by molar-refractivity contribution is -0.129. The molecule has 3 rings (SSSR count). The maximum Gasteiger partial charge on any atom is 0.223 e. The highest BCUT2D eigenvalue weighted by atomic mass is 16.5. The Bertz CT molecular complexity index is 679.